The first kappa shape index (κ1) is 30.1. The third-order valence-electron chi connectivity index (χ3n) is 6.51. The van der Waals surface area contributed by atoms with Crippen molar-refractivity contribution in [1.29, 1.82) is 0 Å². The largest absolute Gasteiger partial charge is 0.493 e. The molecule has 0 saturated heterocycles. The number of aryl methyl sites for hydroxylation is 1. The molecule has 1 aliphatic heterocycles. The van der Waals surface area contributed by atoms with Crippen LogP contribution in [-0.4, -0.2) is 25.6 Å². The molecule has 1 unspecified atom stereocenters. The number of halogens is 6. The molecule has 1 amide bonds. The molecule has 38 heavy (non-hydrogen) atoms. The minimum Gasteiger partial charge on any atom is -0.493 e. The van der Waals surface area contributed by atoms with E-state index in [2.05, 4.69) is 0 Å². The number of fused-ring (bicyclic) bond motifs is 1. The zero-order chi connectivity index (χ0) is 26.6. The highest BCUT2D eigenvalue weighted by molar-refractivity contribution is 6.36. The molecule has 3 aromatic rings. The van der Waals surface area contributed by atoms with E-state index < -0.39 is 17.7 Å². The van der Waals surface area contributed by atoms with Crippen molar-refractivity contribution in [3.05, 3.63) is 93.0 Å². The molecule has 0 spiro atoms. The molecule has 0 aliphatic carbocycles. The van der Waals surface area contributed by atoms with Crippen molar-refractivity contribution in [2.75, 3.05) is 24.6 Å². The van der Waals surface area contributed by atoms with Crippen molar-refractivity contribution in [2.24, 2.45) is 11.7 Å². The fraction of sp³-hybridized carbons (Fsp3) is 0.321. The second-order valence-electron chi connectivity index (χ2n) is 9.01. The lowest BCUT2D eigenvalue weighted by Gasteiger charge is -2.32. The van der Waals surface area contributed by atoms with Crippen molar-refractivity contribution in [1.82, 2.24) is 0 Å². The molecular formula is C28H28Cl3F3N2O2. The molecule has 1 heterocycles. The Morgan fingerprint density at radius 3 is 2.37 bits per heavy atom. The first-order chi connectivity index (χ1) is 17.7. The minimum absolute atomic E-state index is 0. The Kier molecular flexibility index (Phi) is 10.4. The van der Waals surface area contributed by atoms with Gasteiger partial charge in [-0.3, -0.25) is 4.79 Å². The fourth-order valence-corrected chi connectivity index (χ4v) is 5.13. The number of hydrogen-bond acceptors (Lipinski definition) is 3. The van der Waals surface area contributed by atoms with Crippen molar-refractivity contribution >= 4 is 47.2 Å². The predicted octanol–water partition coefficient (Wildman–Crippen LogP) is 7.15. The Bertz CT molecular complexity index is 1230. The molecule has 0 radical (unpaired) electrons. The van der Waals surface area contributed by atoms with Crippen LogP contribution in [-0.2, 0) is 30.2 Å². The predicted molar refractivity (Wildman–Crippen MR) is 148 cm³/mol. The van der Waals surface area contributed by atoms with Crippen LogP contribution in [0.4, 0.5) is 18.9 Å². The number of amides is 1. The van der Waals surface area contributed by atoms with E-state index >= 15 is 0 Å². The van der Waals surface area contributed by atoms with E-state index in [1.807, 2.05) is 24.3 Å². The maximum absolute atomic E-state index is 13.4. The minimum atomic E-state index is -4.42. The lowest BCUT2D eigenvalue weighted by Crippen LogP contribution is -2.42. The number of ether oxygens (including phenoxy) is 1. The smallest absolute Gasteiger partial charge is 0.416 e. The van der Waals surface area contributed by atoms with Gasteiger partial charge in [-0.15, -0.1) is 12.4 Å². The molecule has 0 aromatic heterocycles. The van der Waals surface area contributed by atoms with Crippen LogP contribution >= 0.6 is 35.6 Å². The van der Waals surface area contributed by atoms with Gasteiger partial charge in [0.2, 0.25) is 5.91 Å². The van der Waals surface area contributed by atoms with Crippen molar-refractivity contribution in [3.8, 4) is 5.75 Å². The number of rotatable bonds is 8. The standard InChI is InChI=1S/C28H27Cl2F3N2O2.ClH/c29-24-4-1-5-25(30)23(24)12-14-37-22-9-6-18(7-10-22)15-20(17-34)27(36)35-13-2-3-19-16-21(28(31,32)33)8-11-26(19)35;/h1,4-11,16,20H,2-3,12-15,17,34H2;1H. The van der Waals surface area contributed by atoms with Gasteiger partial charge in [0, 0.05) is 35.2 Å². The lowest BCUT2D eigenvalue weighted by molar-refractivity contribution is -0.137. The maximum Gasteiger partial charge on any atom is 0.416 e. The molecule has 10 heteroatoms. The monoisotopic (exact) mass is 586 g/mol. The maximum atomic E-state index is 13.4. The summed E-state index contributed by atoms with van der Waals surface area (Å²) < 4.78 is 45.2. The zero-order valence-electron chi connectivity index (χ0n) is 20.4. The molecule has 2 N–H and O–H groups in total. The van der Waals surface area contributed by atoms with Gasteiger partial charge in [0.25, 0.3) is 0 Å². The van der Waals surface area contributed by atoms with Gasteiger partial charge in [-0.1, -0.05) is 41.4 Å². The third kappa shape index (κ3) is 7.14. The van der Waals surface area contributed by atoms with Crippen molar-refractivity contribution in [3.63, 3.8) is 0 Å². The molecule has 0 bridgehead atoms. The zero-order valence-corrected chi connectivity index (χ0v) is 22.8. The number of nitrogens with two attached hydrogens (primary N) is 1. The van der Waals surface area contributed by atoms with Gasteiger partial charge in [-0.2, -0.15) is 13.2 Å². The summed E-state index contributed by atoms with van der Waals surface area (Å²) in [5.74, 6) is -0.00416. The SMILES string of the molecule is Cl.NCC(Cc1ccc(OCCc2c(Cl)cccc2Cl)cc1)C(=O)N1CCCc2cc(C(F)(F)F)ccc21. The second kappa shape index (κ2) is 13.1. The Balaban J connectivity index is 0.00000400. The normalized spacial score (nSPS) is 13.9. The van der Waals surface area contributed by atoms with Gasteiger partial charge < -0.3 is 15.4 Å². The van der Waals surface area contributed by atoms with Gasteiger partial charge in [-0.25, -0.2) is 0 Å². The van der Waals surface area contributed by atoms with Crippen LogP contribution in [0.1, 0.15) is 28.7 Å². The summed E-state index contributed by atoms with van der Waals surface area (Å²) in [6.45, 7) is 0.981. The average Bonchev–Trinajstić information content (AvgIpc) is 2.88. The molecular weight excluding hydrogens is 560 g/mol. The number of carbonyl (C=O) groups is 1. The second-order valence-corrected chi connectivity index (χ2v) is 9.83. The topological polar surface area (TPSA) is 55.6 Å². The van der Waals surface area contributed by atoms with Crippen LogP contribution in [0.15, 0.2) is 60.7 Å². The van der Waals surface area contributed by atoms with Crippen molar-refractivity contribution in [2.45, 2.75) is 31.9 Å². The van der Waals surface area contributed by atoms with Crippen LogP contribution in [0.25, 0.3) is 0 Å². The van der Waals surface area contributed by atoms with E-state index in [9.17, 15) is 18.0 Å². The summed E-state index contributed by atoms with van der Waals surface area (Å²) in [6.07, 6.45) is -2.34. The number of anilines is 1. The Morgan fingerprint density at radius 2 is 1.74 bits per heavy atom. The highest BCUT2D eigenvalue weighted by Crippen LogP contribution is 2.36. The molecule has 1 aliphatic rings. The quantitative estimate of drug-likeness (QED) is 0.304. The molecule has 0 saturated carbocycles. The Hall–Kier alpha value is -2.45. The number of alkyl halides is 3. The summed E-state index contributed by atoms with van der Waals surface area (Å²) in [5.41, 5.74) is 8.07. The number of nitrogens with zero attached hydrogens (tertiary/aromatic N) is 1. The summed E-state index contributed by atoms with van der Waals surface area (Å²) in [5, 5.41) is 1.20. The van der Waals surface area contributed by atoms with E-state index in [-0.39, 0.29) is 24.9 Å². The van der Waals surface area contributed by atoms with Gasteiger partial charge in [0.05, 0.1) is 18.1 Å². The Morgan fingerprint density at radius 1 is 1.05 bits per heavy atom. The highest BCUT2D eigenvalue weighted by Gasteiger charge is 2.33. The molecule has 3 aromatic carbocycles. The molecule has 4 nitrogen and oxygen atoms in total. The van der Waals surface area contributed by atoms with Crippen molar-refractivity contribution < 1.29 is 22.7 Å². The van der Waals surface area contributed by atoms with Gasteiger partial charge in [0.15, 0.2) is 0 Å². The van der Waals surface area contributed by atoms with Gasteiger partial charge >= 0.3 is 6.18 Å². The van der Waals surface area contributed by atoms with E-state index in [1.54, 1.807) is 23.1 Å². The fourth-order valence-electron chi connectivity index (χ4n) is 4.54. The third-order valence-corrected chi connectivity index (χ3v) is 7.22. The summed E-state index contributed by atoms with van der Waals surface area (Å²) in [7, 11) is 0. The van der Waals surface area contributed by atoms with Crippen LogP contribution < -0.4 is 15.4 Å². The first-order valence-corrected chi connectivity index (χ1v) is 12.8. The molecule has 4 rings (SSSR count). The highest BCUT2D eigenvalue weighted by atomic mass is 35.5. The summed E-state index contributed by atoms with van der Waals surface area (Å²) in [6, 6.07) is 16.4. The average molecular weight is 588 g/mol. The summed E-state index contributed by atoms with van der Waals surface area (Å²) in [4.78, 5) is 14.9. The molecule has 204 valence electrons. The Labute approximate surface area is 236 Å². The molecule has 1 atom stereocenters. The van der Waals surface area contributed by atoms with Crippen LogP contribution in [0.3, 0.4) is 0 Å². The van der Waals surface area contributed by atoms with Crippen LogP contribution in [0.5, 0.6) is 5.75 Å². The van der Waals surface area contributed by atoms with Crippen LogP contribution in [0, 0.1) is 5.92 Å². The van der Waals surface area contributed by atoms with E-state index in [0.29, 0.717) is 65.9 Å². The lowest BCUT2D eigenvalue weighted by atomic mass is 9.94. The number of hydrogen-bond donors (Lipinski definition) is 1. The van der Waals surface area contributed by atoms with Gasteiger partial charge in [0.1, 0.15) is 5.75 Å². The van der Waals surface area contributed by atoms with E-state index in [4.69, 9.17) is 33.7 Å². The van der Waals surface area contributed by atoms with Gasteiger partial charge in [-0.05, 0) is 78.4 Å². The number of carbonyl (C=O) groups excluding carboxylic acids is 1. The molecule has 0 fully saturated rings. The van der Waals surface area contributed by atoms with E-state index in [0.717, 1.165) is 23.3 Å². The van der Waals surface area contributed by atoms with Crippen LogP contribution in [0.2, 0.25) is 10.0 Å². The summed E-state index contributed by atoms with van der Waals surface area (Å²) >= 11 is 12.4. The first-order valence-electron chi connectivity index (χ1n) is 12.0. The number of benzene rings is 3. The van der Waals surface area contributed by atoms with E-state index in [1.165, 1.54) is 6.07 Å².